The van der Waals surface area contributed by atoms with E-state index in [1.165, 1.54) is 23.5 Å². The first kappa shape index (κ1) is 17.0. The Hall–Kier alpha value is -0.390. The van der Waals surface area contributed by atoms with Crippen LogP contribution in [-0.4, -0.2) is 32.3 Å². The largest absolute Gasteiger partial charge is 0.495 e. The van der Waals surface area contributed by atoms with Crippen LogP contribution in [0.15, 0.2) is 16.6 Å². The number of benzene rings is 1. The molecule has 1 N–H and O–H groups in total. The highest BCUT2D eigenvalue weighted by molar-refractivity contribution is 9.10. The summed E-state index contributed by atoms with van der Waals surface area (Å²) in [6, 6.07) is 4.50. The molecule has 2 unspecified atom stereocenters. The molecule has 1 aliphatic rings. The van der Waals surface area contributed by atoms with Crippen molar-refractivity contribution in [1.29, 1.82) is 0 Å². The van der Waals surface area contributed by atoms with Crippen molar-refractivity contribution in [1.82, 2.24) is 5.32 Å². The molecule has 1 aromatic carbocycles. The van der Waals surface area contributed by atoms with Crippen molar-refractivity contribution >= 4 is 27.7 Å². The fourth-order valence-corrected chi connectivity index (χ4v) is 4.79. The molecule has 2 rings (SSSR count). The average Bonchev–Trinajstić information content (AvgIpc) is 3.02. The number of hydrogen-bond donors (Lipinski definition) is 1. The molecule has 0 aliphatic carbocycles. The topological polar surface area (TPSA) is 30.5 Å². The molecule has 2 atom stereocenters. The molecule has 1 aliphatic heterocycles. The lowest BCUT2D eigenvalue weighted by molar-refractivity contribution is 0.353. The fraction of sp³-hybridized carbons (Fsp3) is 0.625. The number of thioether (sulfide) groups is 1. The zero-order valence-electron chi connectivity index (χ0n) is 12.9. The van der Waals surface area contributed by atoms with Gasteiger partial charge in [-0.3, -0.25) is 0 Å². The molecule has 1 aromatic rings. The minimum Gasteiger partial charge on any atom is -0.495 e. The Bertz CT molecular complexity index is 464. The molecule has 0 aromatic heterocycles. The normalized spacial score (nSPS) is 19.5. The van der Waals surface area contributed by atoms with Crippen molar-refractivity contribution in [2.75, 3.05) is 32.3 Å². The van der Waals surface area contributed by atoms with Crippen molar-refractivity contribution in [3.05, 3.63) is 22.2 Å². The van der Waals surface area contributed by atoms with E-state index in [1.807, 2.05) is 17.8 Å². The maximum atomic E-state index is 5.67. The van der Waals surface area contributed by atoms with Crippen LogP contribution in [0.5, 0.6) is 11.5 Å². The van der Waals surface area contributed by atoms with Crippen LogP contribution in [0.4, 0.5) is 0 Å². The van der Waals surface area contributed by atoms with E-state index >= 15 is 0 Å². The molecular weight excluding hydrogens is 350 g/mol. The second kappa shape index (κ2) is 8.30. The van der Waals surface area contributed by atoms with E-state index in [4.69, 9.17) is 9.47 Å². The molecule has 0 spiro atoms. The predicted molar refractivity (Wildman–Crippen MR) is 93.7 cm³/mol. The van der Waals surface area contributed by atoms with Crippen LogP contribution >= 0.6 is 27.7 Å². The third-order valence-electron chi connectivity index (χ3n) is 3.90. The van der Waals surface area contributed by atoms with Crippen molar-refractivity contribution in [3.63, 3.8) is 0 Å². The highest BCUT2D eigenvalue weighted by Gasteiger charge is 2.29. The van der Waals surface area contributed by atoms with Crippen molar-refractivity contribution in [2.45, 2.75) is 25.8 Å². The molecule has 1 saturated heterocycles. The summed E-state index contributed by atoms with van der Waals surface area (Å²) in [6.45, 7) is 3.23. The minimum absolute atomic E-state index is 0.345. The molecule has 0 radical (unpaired) electrons. The fourth-order valence-electron chi connectivity index (χ4n) is 2.81. The van der Waals surface area contributed by atoms with Gasteiger partial charge < -0.3 is 14.8 Å². The molecule has 5 heteroatoms. The predicted octanol–water partition coefficient (Wildman–Crippen LogP) is 4.26. The van der Waals surface area contributed by atoms with E-state index in [1.54, 1.807) is 14.2 Å². The summed E-state index contributed by atoms with van der Waals surface area (Å²) >= 11 is 5.66. The SMILES string of the molecule is CCCNC(c1ccc(OC)c(Br)c1OC)C1CCSC1. The standard InChI is InChI=1S/C16H24BrNO2S/c1-4-8-18-15(11-7-9-21-10-11)12-5-6-13(19-2)14(17)16(12)20-3/h5-6,11,15,18H,4,7-10H2,1-3H3. The second-order valence-electron chi connectivity index (χ2n) is 5.26. The molecule has 1 fully saturated rings. The van der Waals surface area contributed by atoms with Gasteiger partial charge in [-0.15, -0.1) is 0 Å². The Kier molecular flexibility index (Phi) is 6.71. The Labute approximate surface area is 140 Å². The lowest BCUT2D eigenvalue weighted by Crippen LogP contribution is -2.29. The van der Waals surface area contributed by atoms with Gasteiger partial charge in [-0.25, -0.2) is 0 Å². The Morgan fingerprint density at radius 2 is 2.19 bits per heavy atom. The third-order valence-corrected chi connectivity index (χ3v) is 5.84. The van der Waals surface area contributed by atoms with Gasteiger partial charge in [-0.1, -0.05) is 6.92 Å². The van der Waals surface area contributed by atoms with Gasteiger partial charge in [0.05, 0.1) is 14.2 Å². The van der Waals surface area contributed by atoms with Crippen LogP contribution in [0.25, 0.3) is 0 Å². The van der Waals surface area contributed by atoms with Gasteiger partial charge in [0.25, 0.3) is 0 Å². The van der Waals surface area contributed by atoms with Crippen LogP contribution < -0.4 is 14.8 Å². The zero-order valence-corrected chi connectivity index (χ0v) is 15.4. The van der Waals surface area contributed by atoms with Crippen LogP contribution in [0.2, 0.25) is 0 Å². The summed E-state index contributed by atoms with van der Waals surface area (Å²) in [4.78, 5) is 0. The van der Waals surface area contributed by atoms with Crippen LogP contribution in [0.3, 0.4) is 0 Å². The molecule has 118 valence electrons. The van der Waals surface area contributed by atoms with Gasteiger partial charge in [0.2, 0.25) is 0 Å². The second-order valence-corrected chi connectivity index (χ2v) is 7.20. The van der Waals surface area contributed by atoms with Crippen molar-refractivity contribution in [2.24, 2.45) is 5.92 Å². The van der Waals surface area contributed by atoms with E-state index in [9.17, 15) is 0 Å². The summed E-state index contributed by atoms with van der Waals surface area (Å²) < 4.78 is 11.9. The highest BCUT2D eigenvalue weighted by atomic mass is 79.9. The number of halogens is 1. The third kappa shape index (κ3) is 3.88. The molecule has 3 nitrogen and oxygen atoms in total. The minimum atomic E-state index is 0.345. The Morgan fingerprint density at radius 1 is 1.38 bits per heavy atom. The summed E-state index contributed by atoms with van der Waals surface area (Å²) in [6.07, 6.45) is 2.40. The summed E-state index contributed by atoms with van der Waals surface area (Å²) in [7, 11) is 3.41. The van der Waals surface area contributed by atoms with Crippen LogP contribution in [-0.2, 0) is 0 Å². The molecular formula is C16H24BrNO2S. The van der Waals surface area contributed by atoms with E-state index < -0.39 is 0 Å². The zero-order chi connectivity index (χ0) is 15.2. The smallest absolute Gasteiger partial charge is 0.141 e. The first-order chi connectivity index (χ1) is 10.2. The van der Waals surface area contributed by atoms with Gasteiger partial charge in [0.1, 0.15) is 16.0 Å². The van der Waals surface area contributed by atoms with Crippen LogP contribution in [0, 0.1) is 5.92 Å². The quantitative estimate of drug-likeness (QED) is 0.773. The molecule has 1 heterocycles. The van der Waals surface area contributed by atoms with Crippen LogP contribution in [0.1, 0.15) is 31.4 Å². The highest BCUT2D eigenvalue weighted by Crippen LogP contribution is 2.43. The first-order valence-corrected chi connectivity index (χ1v) is 9.39. The monoisotopic (exact) mass is 373 g/mol. The number of ether oxygens (including phenoxy) is 2. The van der Waals surface area contributed by atoms with Gasteiger partial charge >= 0.3 is 0 Å². The van der Waals surface area contributed by atoms with E-state index in [0.717, 1.165) is 28.9 Å². The van der Waals surface area contributed by atoms with Crippen molar-refractivity contribution < 1.29 is 9.47 Å². The van der Waals surface area contributed by atoms with Gasteiger partial charge in [-0.05, 0) is 64.9 Å². The maximum Gasteiger partial charge on any atom is 0.141 e. The summed E-state index contributed by atoms with van der Waals surface area (Å²) in [5.41, 5.74) is 1.23. The average molecular weight is 374 g/mol. The first-order valence-electron chi connectivity index (χ1n) is 7.44. The lowest BCUT2D eigenvalue weighted by atomic mass is 9.91. The number of methoxy groups -OCH3 is 2. The lowest BCUT2D eigenvalue weighted by Gasteiger charge is -2.27. The van der Waals surface area contributed by atoms with E-state index in [0.29, 0.717) is 12.0 Å². The summed E-state index contributed by atoms with van der Waals surface area (Å²) in [5.74, 6) is 4.84. The Balaban J connectivity index is 2.35. The summed E-state index contributed by atoms with van der Waals surface area (Å²) in [5, 5.41) is 3.71. The van der Waals surface area contributed by atoms with E-state index in [2.05, 4.69) is 34.2 Å². The number of hydrogen-bond acceptors (Lipinski definition) is 4. The van der Waals surface area contributed by atoms with Crippen molar-refractivity contribution in [3.8, 4) is 11.5 Å². The molecule has 0 amide bonds. The molecule has 21 heavy (non-hydrogen) atoms. The van der Waals surface area contributed by atoms with E-state index in [-0.39, 0.29) is 0 Å². The Morgan fingerprint density at radius 3 is 2.76 bits per heavy atom. The van der Waals surface area contributed by atoms with Gasteiger partial charge in [0.15, 0.2) is 0 Å². The maximum absolute atomic E-state index is 5.67. The molecule has 0 saturated carbocycles. The molecule has 0 bridgehead atoms. The van der Waals surface area contributed by atoms with Gasteiger partial charge in [-0.2, -0.15) is 11.8 Å². The number of rotatable bonds is 7. The van der Waals surface area contributed by atoms with Gasteiger partial charge in [0, 0.05) is 11.6 Å². The number of nitrogens with one attached hydrogen (secondary N) is 1.